The van der Waals surface area contributed by atoms with E-state index in [0.717, 1.165) is 38.3 Å². The number of piperidine rings is 1. The van der Waals surface area contributed by atoms with E-state index in [2.05, 4.69) is 5.32 Å². The van der Waals surface area contributed by atoms with Gasteiger partial charge in [-0.1, -0.05) is 6.07 Å². The normalized spacial score (nSPS) is 22.1. The van der Waals surface area contributed by atoms with E-state index in [1.807, 2.05) is 0 Å². The minimum atomic E-state index is -0.586. The molecule has 0 aromatic heterocycles. The van der Waals surface area contributed by atoms with Gasteiger partial charge in [-0.2, -0.15) is 0 Å². The highest BCUT2D eigenvalue weighted by molar-refractivity contribution is 5.79. The molecule has 0 spiro atoms. The average Bonchev–Trinajstić information content (AvgIpc) is 3.31. The number of nitrogens with zero attached hydrogens (tertiary/aromatic N) is 1. The van der Waals surface area contributed by atoms with Crippen LogP contribution >= 0.6 is 0 Å². The van der Waals surface area contributed by atoms with Crippen molar-refractivity contribution in [1.82, 2.24) is 10.2 Å². The predicted molar refractivity (Wildman–Crippen MR) is 75.5 cm³/mol. The Morgan fingerprint density at radius 3 is 2.71 bits per heavy atom. The first-order chi connectivity index (χ1) is 10.1. The van der Waals surface area contributed by atoms with Crippen LogP contribution in [0, 0.1) is 17.6 Å². The van der Waals surface area contributed by atoms with E-state index in [4.69, 9.17) is 0 Å². The van der Waals surface area contributed by atoms with Crippen LogP contribution in [0.3, 0.4) is 0 Å². The van der Waals surface area contributed by atoms with Crippen molar-refractivity contribution in [2.24, 2.45) is 5.92 Å². The van der Waals surface area contributed by atoms with Gasteiger partial charge in [-0.25, -0.2) is 8.78 Å². The third kappa shape index (κ3) is 3.40. The Morgan fingerprint density at radius 1 is 1.29 bits per heavy atom. The number of hydrogen-bond acceptors (Lipinski definition) is 2. The van der Waals surface area contributed by atoms with E-state index in [-0.39, 0.29) is 24.4 Å². The van der Waals surface area contributed by atoms with Crippen molar-refractivity contribution in [1.29, 1.82) is 0 Å². The van der Waals surface area contributed by atoms with Gasteiger partial charge < -0.3 is 10.2 Å². The van der Waals surface area contributed by atoms with Gasteiger partial charge in [0.2, 0.25) is 5.91 Å². The molecule has 1 N–H and O–H groups in total. The van der Waals surface area contributed by atoms with Crippen molar-refractivity contribution < 1.29 is 13.6 Å². The summed E-state index contributed by atoms with van der Waals surface area (Å²) < 4.78 is 26.8. The predicted octanol–water partition coefficient (Wildman–Crippen LogP) is 2.46. The fourth-order valence-corrected chi connectivity index (χ4v) is 2.90. The maximum Gasteiger partial charge on any atom is 0.227 e. The van der Waals surface area contributed by atoms with Crippen molar-refractivity contribution in [2.45, 2.75) is 38.3 Å². The van der Waals surface area contributed by atoms with Gasteiger partial charge in [-0.05, 0) is 38.3 Å². The summed E-state index contributed by atoms with van der Waals surface area (Å²) in [6.07, 6.45) is 3.85. The zero-order valence-electron chi connectivity index (χ0n) is 11.9. The monoisotopic (exact) mass is 294 g/mol. The maximum atomic E-state index is 13.8. The van der Waals surface area contributed by atoms with Gasteiger partial charge in [-0.3, -0.25) is 4.79 Å². The molecule has 1 saturated carbocycles. The SMILES string of the molecule is O=C([C@@H]1CCCNC1)N(Cc1ccc(F)cc1F)C1CC1. The summed E-state index contributed by atoms with van der Waals surface area (Å²) in [4.78, 5) is 14.4. The second-order valence-corrected chi connectivity index (χ2v) is 5.98. The molecular weight excluding hydrogens is 274 g/mol. The topological polar surface area (TPSA) is 32.3 Å². The Kier molecular flexibility index (Phi) is 4.19. The van der Waals surface area contributed by atoms with E-state index in [9.17, 15) is 13.6 Å². The summed E-state index contributed by atoms with van der Waals surface area (Å²) >= 11 is 0. The highest BCUT2D eigenvalue weighted by Gasteiger charge is 2.36. The van der Waals surface area contributed by atoms with Crippen LogP contribution in [0.2, 0.25) is 0 Å². The number of nitrogens with one attached hydrogen (secondary N) is 1. The van der Waals surface area contributed by atoms with Gasteiger partial charge in [0, 0.05) is 30.8 Å². The Bertz CT molecular complexity index is 525. The highest BCUT2D eigenvalue weighted by Crippen LogP contribution is 2.31. The summed E-state index contributed by atoms with van der Waals surface area (Å²) in [5.74, 6) is -1.07. The molecule has 1 amide bonds. The molecule has 2 aliphatic rings. The van der Waals surface area contributed by atoms with Crippen molar-refractivity contribution in [3.05, 3.63) is 35.4 Å². The van der Waals surface area contributed by atoms with Crippen LogP contribution in [-0.2, 0) is 11.3 Å². The molecule has 3 rings (SSSR count). The fraction of sp³-hybridized carbons (Fsp3) is 0.562. The number of carbonyl (C=O) groups is 1. The third-order valence-electron chi connectivity index (χ3n) is 4.27. The van der Waals surface area contributed by atoms with Crippen molar-refractivity contribution in [2.75, 3.05) is 13.1 Å². The standard InChI is InChI=1S/C16H20F2N2O/c17-13-4-3-12(15(18)8-13)10-20(14-5-6-14)16(21)11-2-1-7-19-9-11/h3-4,8,11,14,19H,1-2,5-7,9-10H2/t11-/m1/s1. The lowest BCUT2D eigenvalue weighted by Crippen LogP contribution is -2.43. The molecular formula is C16H20F2N2O. The molecule has 114 valence electrons. The van der Waals surface area contributed by atoms with Crippen molar-refractivity contribution in [3.63, 3.8) is 0 Å². The Hall–Kier alpha value is -1.49. The van der Waals surface area contributed by atoms with Crippen LogP contribution in [0.25, 0.3) is 0 Å². The van der Waals surface area contributed by atoms with Crippen LogP contribution in [0.1, 0.15) is 31.2 Å². The molecule has 1 atom stereocenters. The number of carbonyl (C=O) groups excluding carboxylic acids is 1. The van der Waals surface area contributed by atoms with Crippen LogP contribution < -0.4 is 5.32 Å². The summed E-state index contributed by atoms with van der Waals surface area (Å²) in [7, 11) is 0. The zero-order valence-corrected chi connectivity index (χ0v) is 11.9. The molecule has 1 aliphatic heterocycles. The summed E-state index contributed by atoms with van der Waals surface area (Å²) in [6.45, 7) is 1.90. The number of amides is 1. The Balaban J connectivity index is 1.73. The van der Waals surface area contributed by atoms with Crippen LogP contribution in [0.4, 0.5) is 8.78 Å². The molecule has 5 heteroatoms. The smallest absolute Gasteiger partial charge is 0.227 e. The van der Waals surface area contributed by atoms with E-state index in [1.54, 1.807) is 4.90 Å². The third-order valence-corrected chi connectivity index (χ3v) is 4.27. The van der Waals surface area contributed by atoms with E-state index in [0.29, 0.717) is 12.1 Å². The number of halogens is 2. The minimum Gasteiger partial charge on any atom is -0.335 e. The lowest BCUT2D eigenvalue weighted by atomic mass is 9.97. The van der Waals surface area contributed by atoms with Gasteiger partial charge >= 0.3 is 0 Å². The lowest BCUT2D eigenvalue weighted by molar-refractivity contribution is -0.137. The number of hydrogen-bond donors (Lipinski definition) is 1. The van der Waals surface area contributed by atoms with Gasteiger partial charge in [0.05, 0.1) is 5.92 Å². The lowest BCUT2D eigenvalue weighted by Gasteiger charge is -2.30. The van der Waals surface area contributed by atoms with E-state index in [1.165, 1.54) is 12.1 Å². The summed E-state index contributed by atoms with van der Waals surface area (Å²) in [5, 5.41) is 3.24. The first kappa shape index (κ1) is 14.4. The van der Waals surface area contributed by atoms with Crippen molar-refractivity contribution in [3.8, 4) is 0 Å². The largest absolute Gasteiger partial charge is 0.335 e. The molecule has 1 aromatic carbocycles. The second-order valence-electron chi connectivity index (χ2n) is 5.98. The molecule has 1 aliphatic carbocycles. The van der Waals surface area contributed by atoms with Gasteiger partial charge in [0.15, 0.2) is 0 Å². The van der Waals surface area contributed by atoms with E-state index >= 15 is 0 Å². The highest BCUT2D eigenvalue weighted by atomic mass is 19.1. The van der Waals surface area contributed by atoms with Gasteiger partial charge in [0.1, 0.15) is 11.6 Å². The molecule has 21 heavy (non-hydrogen) atoms. The summed E-state index contributed by atoms with van der Waals surface area (Å²) in [5.41, 5.74) is 0.389. The average molecular weight is 294 g/mol. The van der Waals surface area contributed by atoms with Crippen LogP contribution in [0.15, 0.2) is 18.2 Å². The minimum absolute atomic E-state index is 0.0112. The first-order valence-electron chi connectivity index (χ1n) is 7.60. The van der Waals surface area contributed by atoms with Gasteiger partial charge in [-0.15, -0.1) is 0 Å². The van der Waals surface area contributed by atoms with E-state index < -0.39 is 11.6 Å². The number of rotatable bonds is 4. The zero-order chi connectivity index (χ0) is 14.8. The molecule has 1 saturated heterocycles. The molecule has 3 nitrogen and oxygen atoms in total. The molecule has 0 unspecified atom stereocenters. The van der Waals surface area contributed by atoms with Crippen LogP contribution in [0.5, 0.6) is 0 Å². The van der Waals surface area contributed by atoms with Crippen molar-refractivity contribution >= 4 is 5.91 Å². The first-order valence-corrected chi connectivity index (χ1v) is 7.60. The Morgan fingerprint density at radius 2 is 2.10 bits per heavy atom. The number of benzene rings is 1. The molecule has 1 aromatic rings. The maximum absolute atomic E-state index is 13.8. The molecule has 1 heterocycles. The summed E-state index contributed by atoms with van der Waals surface area (Å²) in [6, 6.07) is 3.79. The van der Waals surface area contributed by atoms with Crippen LogP contribution in [-0.4, -0.2) is 29.9 Å². The molecule has 0 bridgehead atoms. The fourth-order valence-electron chi connectivity index (χ4n) is 2.90. The second kappa shape index (κ2) is 6.10. The molecule has 0 radical (unpaired) electrons. The van der Waals surface area contributed by atoms with Gasteiger partial charge in [0.25, 0.3) is 0 Å². The quantitative estimate of drug-likeness (QED) is 0.925. The molecule has 2 fully saturated rings. The Labute approximate surface area is 123 Å².